The predicted octanol–water partition coefficient (Wildman–Crippen LogP) is 3.14. The number of aliphatic hydroxyl groups excluding tert-OH is 1. The van der Waals surface area contributed by atoms with Crippen molar-refractivity contribution in [1.82, 2.24) is 20.1 Å². The Hall–Kier alpha value is -3.37. The summed E-state index contributed by atoms with van der Waals surface area (Å²) in [6, 6.07) is 13.6. The van der Waals surface area contributed by atoms with Gasteiger partial charge < -0.3 is 25.0 Å². The molecule has 3 N–H and O–H groups in total. The van der Waals surface area contributed by atoms with Crippen LogP contribution in [0.25, 0.3) is 0 Å². The summed E-state index contributed by atoms with van der Waals surface area (Å²) in [6.45, 7) is 3.79. The second kappa shape index (κ2) is 11.7. The zero-order valence-corrected chi connectivity index (χ0v) is 20.4. The number of methoxy groups -OCH3 is 1. The molecule has 10 heteroatoms. The van der Waals surface area contributed by atoms with Gasteiger partial charge in [-0.25, -0.2) is 0 Å². The third kappa shape index (κ3) is 6.15. The number of benzene rings is 2. The molecule has 0 saturated carbocycles. The Labute approximate surface area is 202 Å². The number of ether oxygens (including phenoxy) is 1. The van der Waals surface area contributed by atoms with Gasteiger partial charge in [-0.1, -0.05) is 43.8 Å². The summed E-state index contributed by atoms with van der Waals surface area (Å²) in [6.07, 6.45) is 0. The standard InChI is InChI=1S/C24H29N5O4S/c1-15(2)18-7-5-6-8-19(18)25-21(31)14-34-24-28-27-22(29(24)3)20(13-30)26-23(32)16-9-11-17(33-4)12-10-16/h5-12,15,20,30H,13-14H2,1-4H3,(H,25,31)(H,26,32)/t20-/m1/s1. The molecule has 3 rings (SSSR count). The summed E-state index contributed by atoms with van der Waals surface area (Å²) in [4.78, 5) is 25.1. The van der Waals surface area contributed by atoms with Gasteiger partial charge in [-0.15, -0.1) is 10.2 Å². The third-order valence-corrected chi connectivity index (χ3v) is 6.23. The molecule has 180 valence electrons. The molecule has 0 aliphatic heterocycles. The Kier molecular flexibility index (Phi) is 8.67. The van der Waals surface area contributed by atoms with Crippen LogP contribution in [0.2, 0.25) is 0 Å². The Morgan fingerprint density at radius 1 is 1.12 bits per heavy atom. The van der Waals surface area contributed by atoms with Crippen LogP contribution in [0, 0.1) is 0 Å². The second-order valence-corrected chi connectivity index (χ2v) is 8.86. The van der Waals surface area contributed by atoms with Crippen molar-refractivity contribution in [3.05, 3.63) is 65.5 Å². The fourth-order valence-corrected chi connectivity index (χ4v) is 4.08. The lowest BCUT2D eigenvalue weighted by molar-refractivity contribution is -0.113. The van der Waals surface area contributed by atoms with Gasteiger partial charge in [-0.3, -0.25) is 9.59 Å². The molecule has 1 atom stereocenters. The second-order valence-electron chi connectivity index (χ2n) is 7.92. The SMILES string of the molecule is COc1ccc(C(=O)N[C@H](CO)c2nnc(SCC(=O)Nc3ccccc3C(C)C)n2C)cc1. The third-order valence-electron chi connectivity index (χ3n) is 5.21. The van der Waals surface area contributed by atoms with E-state index < -0.39 is 6.04 Å². The first-order chi connectivity index (χ1) is 16.3. The maximum absolute atomic E-state index is 12.6. The molecule has 0 aliphatic rings. The molecule has 0 bridgehead atoms. The number of para-hydroxylation sites is 1. The summed E-state index contributed by atoms with van der Waals surface area (Å²) >= 11 is 1.23. The van der Waals surface area contributed by atoms with E-state index in [1.807, 2.05) is 24.3 Å². The number of amides is 2. The molecule has 34 heavy (non-hydrogen) atoms. The Morgan fingerprint density at radius 3 is 2.47 bits per heavy atom. The van der Waals surface area contributed by atoms with Crippen molar-refractivity contribution >= 4 is 29.3 Å². The molecule has 0 aliphatic carbocycles. The molecule has 0 unspecified atom stereocenters. The molecule has 1 aromatic heterocycles. The van der Waals surface area contributed by atoms with Crippen molar-refractivity contribution < 1.29 is 19.4 Å². The molecule has 0 fully saturated rings. The van der Waals surface area contributed by atoms with Crippen molar-refractivity contribution in [2.24, 2.45) is 7.05 Å². The van der Waals surface area contributed by atoms with Crippen LogP contribution < -0.4 is 15.4 Å². The number of hydrogen-bond acceptors (Lipinski definition) is 7. The van der Waals surface area contributed by atoms with Crippen LogP contribution in [0.15, 0.2) is 53.7 Å². The number of hydrogen-bond donors (Lipinski definition) is 3. The molecule has 2 amide bonds. The van der Waals surface area contributed by atoms with Crippen LogP contribution in [0.3, 0.4) is 0 Å². The van der Waals surface area contributed by atoms with Crippen LogP contribution in [0.5, 0.6) is 5.75 Å². The average molecular weight is 484 g/mol. The van der Waals surface area contributed by atoms with E-state index in [0.717, 1.165) is 11.3 Å². The van der Waals surface area contributed by atoms with E-state index in [0.29, 0.717) is 22.3 Å². The highest BCUT2D eigenvalue weighted by Gasteiger charge is 2.22. The van der Waals surface area contributed by atoms with Crippen LogP contribution in [0.4, 0.5) is 5.69 Å². The summed E-state index contributed by atoms with van der Waals surface area (Å²) in [5.41, 5.74) is 2.29. The lowest BCUT2D eigenvalue weighted by Crippen LogP contribution is -2.32. The van der Waals surface area contributed by atoms with E-state index in [9.17, 15) is 14.7 Å². The van der Waals surface area contributed by atoms with Gasteiger partial charge in [0, 0.05) is 18.3 Å². The van der Waals surface area contributed by atoms with Gasteiger partial charge in [0.25, 0.3) is 5.91 Å². The van der Waals surface area contributed by atoms with Crippen molar-refractivity contribution in [2.75, 3.05) is 24.8 Å². The smallest absolute Gasteiger partial charge is 0.251 e. The lowest BCUT2D eigenvalue weighted by atomic mass is 10.0. The van der Waals surface area contributed by atoms with Crippen LogP contribution >= 0.6 is 11.8 Å². The summed E-state index contributed by atoms with van der Waals surface area (Å²) < 4.78 is 6.77. The number of aliphatic hydroxyl groups is 1. The van der Waals surface area contributed by atoms with Crippen molar-refractivity contribution in [3.63, 3.8) is 0 Å². The number of carbonyl (C=O) groups is 2. The number of nitrogens with one attached hydrogen (secondary N) is 2. The van der Waals surface area contributed by atoms with E-state index in [2.05, 4.69) is 34.7 Å². The topological polar surface area (TPSA) is 118 Å². The number of rotatable bonds is 10. The van der Waals surface area contributed by atoms with Crippen molar-refractivity contribution in [3.8, 4) is 5.75 Å². The number of carbonyl (C=O) groups excluding carboxylic acids is 2. The maximum atomic E-state index is 12.6. The van der Waals surface area contributed by atoms with Crippen LogP contribution in [-0.2, 0) is 11.8 Å². The normalized spacial score (nSPS) is 11.8. The fourth-order valence-electron chi connectivity index (χ4n) is 3.36. The zero-order valence-electron chi connectivity index (χ0n) is 19.6. The lowest BCUT2D eigenvalue weighted by Gasteiger charge is -2.16. The quantitative estimate of drug-likeness (QED) is 0.379. The van der Waals surface area contributed by atoms with Crippen molar-refractivity contribution in [2.45, 2.75) is 31.0 Å². The minimum Gasteiger partial charge on any atom is -0.497 e. The van der Waals surface area contributed by atoms with Gasteiger partial charge in [-0.2, -0.15) is 0 Å². The average Bonchev–Trinajstić information content (AvgIpc) is 3.21. The monoisotopic (exact) mass is 483 g/mol. The van der Waals surface area contributed by atoms with E-state index in [1.165, 1.54) is 11.8 Å². The highest BCUT2D eigenvalue weighted by atomic mass is 32.2. The number of nitrogens with zero attached hydrogens (tertiary/aromatic N) is 3. The van der Waals surface area contributed by atoms with Gasteiger partial charge >= 0.3 is 0 Å². The van der Waals surface area contributed by atoms with Gasteiger partial charge in [0.15, 0.2) is 11.0 Å². The minimum absolute atomic E-state index is 0.139. The number of aromatic nitrogens is 3. The van der Waals surface area contributed by atoms with Gasteiger partial charge in [0.2, 0.25) is 5.91 Å². The predicted molar refractivity (Wildman–Crippen MR) is 131 cm³/mol. The van der Waals surface area contributed by atoms with E-state index in [1.54, 1.807) is 43.0 Å². The molecule has 0 saturated heterocycles. The molecule has 9 nitrogen and oxygen atoms in total. The Balaban J connectivity index is 1.62. The number of thioether (sulfide) groups is 1. The van der Waals surface area contributed by atoms with E-state index >= 15 is 0 Å². The zero-order chi connectivity index (χ0) is 24.7. The number of anilines is 1. The summed E-state index contributed by atoms with van der Waals surface area (Å²) in [7, 11) is 3.28. The van der Waals surface area contributed by atoms with Gasteiger partial charge in [0.05, 0.1) is 19.5 Å². The summed E-state index contributed by atoms with van der Waals surface area (Å²) in [5.74, 6) is 0.935. The largest absolute Gasteiger partial charge is 0.497 e. The minimum atomic E-state index is -0.756. The first-order valence-corrected chi connectivity index (χ1v) is 11.8. The van der Waals surface area contributed by atoms with E-state index in [-0.39, 0.29) is 30.1 Å². The van der Waals surface area contributed by atoms with Crippen LogP contribution in [-0.4, -0.2) is 51.2 Å². The van der Waals surface area contributed by atoms with Crippen molar-refractivity contribution in [1.29, 1.82) is 0 Å². The molecule has 0 radical (unpaired) electrons. The van der Waals surface area contributed by atoms with Gasteiger partial charge in [-0.05, 0) is 41.8 Å². The molecular formula is C24H29N5O4S. The molecule has 0 spiro atoms. The molecule has 1 heterocycles. The highest BCUT2D eigenvalue weighted by molar-refractivity contribution is 7.99. The van der Waals surface area contributed by atoms with E-state index in [4.69, 9.17) is 4.74 Å². The molecule has 3 aromatic rings. The Morgan fingerprint density at radius 2 is 1.82 bits per heavy atom. The first-order valence-electron chi connectivity index (χ1n) is 10.8. The Bertz CT molecular complexity index is 1130. The fraction of sp³-hybridized carbons (Fsp3) is 0.333. The highest BCUT2D eigenvalue weighted by Crippen LogP contribution is 2.25. The molecular weight excluding hydrogens is 454 g/mol. The van der Waals surface area contributed by atoms with Crippen LogP contribution in [0.1, 0.15) is 47.6 Å². The summed E-state index contributed by atoms with van der Waals surface area (Å²) in [5, 5.41) is 24.3. The molecule has 2 aromatic carbocycles. The first kappa shape index (κ1) is 25.3. The van der Waals surface area contributed by atoms with Gasteiger partial charge in [0.1, 0.15) is 11.8 Å². The maximum Gasteiger partial charge on any atom is 0.251 e.